The first kappa shape index (κ1) is 22.4. The highest BCUT2D eigenvalue weighted by atomic mass is 32.2. The Labute approximate surface area is 185 Å². The number of thioether (sulfide) groups is 1. The molecule has 0 saturated heterocycles. The number of aromatic nitrogens is 3. The molecule has 2 aromatic carbocycles. The molecule has 31 heavy (non-hydrogen) atoms. The van der Waals surface area contributed by atoms with Crippen LogP contribution in [0.1, 0.15) is 19.4 Å². The number of nitrogens with one attached hydrogen (secondary N) is 1. The number of hydrogen-bond donors (Lipinski definition) is 1. The van der Waals surface area contributed by atoms with Crippen LogP contribution in [0.5, 0.6) is 11.5 Å². The van der Waals surface area contributed by atoms with Gasteiger partial charge in [-0.3, -0.25) is 4.79 Å². The molecule has 1 N–H and O–H groups in total. The highest BCUT2D eigenvalue weighted by Crippen LogP contribution is 2.28. The van der Waals surface area contributed by atoms with Crippen molar-refractivity contribution in [1.29, 1.82) is 0 Å². The second-order valence-corrected chi connectivity index (χ2v) is 7.45. The van der Waals surface area contributed by atoms with Gasteiger partial charge in [0.25, 0.3) is 5.91 Å². The van der Waals surface area contributed by atoms with E-state index in [1.165, 1.54) is 11.8 Å². The molecular formula is C22H25N5O3S. The van der Waals surface area contributed by atoms with Crippen molar-refractivity contribution >= 4 is 23.4 Å². The lowest BCUT2D eigenvalue weighted by Gasteiger charge is -2.09. The number of nitrogens with zero attached hydrogens (tertiary/aromatic N) is 4. The second kappa shape index (κ2) is 10.6. The molecule has 0 saturated carbocycles. The molecule has 0 fully saturated rings. The summed E-state index contributed by atoms with van der Waals surface area (Å²) in [6.07, 6.45) is 0. The molecule has 0 spiro atoms. The van der Waals surface area contributed by atoms with Crippen LogP contribution in [0.25, 0.3) is 11.4 Å². The van der Waals surface area contributed by atoms with Crippen molar-refractivity contribution in [2.24, 2.45) is 5.10 Å². The maximum atomic E-state index is 12.3. The normalized spacial score (nSPS) is 11.3. The number of ether oxygens (including phenoxy) is 2. The molecule has 3 rings (SSSR count). The minimum absolute atomic E-state index is 0.176. The van der Waals surface area contributed by atoms with Crippen LogP contribution >= 0.6 is 11.8 Å². The van der Waals surface area contributed by atoms with Gasteiger partial charge < -0.3 is 14.0 Å². The predicted molar refractivity (Wildman–Crippen MR) is 122 cm³/mol. The summed E-state index contributed by atoms with van der Waals surface area (Å²) in [5.74, 6) is 1.97. The quantitative estimate of drug-likeness (QED) is 0.311. The van der Waals surface area contributed by atoms with E-state index in [1.807, 2.05) is 60.9 Å². The number of carbonyl (C=O) groups excluding carboxylic acids is 1. The van der Waals surface area contributed by atoms with Crippen LogP contribution in [0, 0.1) is 0 Å². The minimum Gasteiger partial charge on any atom is -0.493 e. The van der Waals surface area contributed by atoms with E-state index in [4.69, 9.17) is 9.47 Å². The van der Waals surface area contributed by atoms with Crippen molar-refractivity contribution in [3.63, 3.8) is 0 Å². The number of hydrogen-bond acceptors (Lipinski definition) is 7. The zero-order valence-electron chi connectivity index (χ0n) is 18.0. The SMILES string of the molecule is CCn1c(SCC(=O)N/N=C(/C)c2ccc(OC)c(OC)c2)nnc1-c1ccccc1. The van der Waals surface area contributed by atoms with E-state index in [1.54, 1.807) is 20.3 Å². The van der Waals surface area contributed by atoms with Crippen LogP contribution in [0.3, 0.4) is 0 Å². The maximum absolute atomic E-state index is 12.3. The molecule has 3 aromatic rings. The molecule has 9 heteroatoms. The molecule has 162 valence electrons. The summed E-state index contributed by atoms with van der Waals surface area (Å²) in [5.41, 5.74) is 5.06. The molecule has 0 radical (unpaired) electrons. The molecule has 0 aliphatic heterocycles. The predicted octanol–water partition coefficient (Wildman–Crippen LogP) is 3.61. The average molecular weight is 440 g/mol. The van der Waals surface area contributed by atoms with E-state index in [2.05, 4.69) is 20.7 Å². The Balaban J connectivity index is 1.62. The zero-order valence-corrected chi connectivity index (χ0v) is 18.8. The molecule has 0 bridgehead atoms. The van der Waals surface area contributed by atoms with E-state index in [9.17, 15) is 4.79 Å². The van der Waals surface area contributed by atoms with Crippen molar-refractivity contribution in [2.75, 3.05) is 20.0 Å². The molecular weight excluding hydrogens is 414 g/mol. The standard InChI is InChI=1S/C22H25N5O3S/c1-5-27-21(16-9-7-6-8-10-16)25-26-22(27)31-14-20(28)24-23-15(2)17-11-12-18(29-3)19(13-17)30-4/h6-13H,5,14H2,1-4H3,(H,24,28)/b23-15-. The molecule has 0 aliphatic rings. The van der Waals surface area contributed by atoms with Crippen molar-refractivity contribution in [1.82, 2.24) is 20.2 Å². The van der Waals surface area contributed by atoms with Gasteiger partial charge in [0.1, 0.15) is 0 Å². The fourth-order valence-corrected chi connectivity index (χ4v) is 3.71. The highest BCUT2D eigenvalue weighted by Gasteiger charge is 2.14. The van der Waals surface area contributed by atoms with Gasteiger partial charge in [-0.2, -0.15) is 5.10 Å². The van der Waals surface area contributed by atoms with Gasteiger partial charge in [0.15, 0.2) is 22.5 Å². The van der Waals surface area contributed by atoms with E-state index < -0.39 is 0 Å². The first-order chi connectivity index (χ1) is 15.1. The Kier molecular flexibility index (Phi) is 7.66. The summed E-state index contributed by atoms with van der Waals surface area (Å²) >= 11 is 1.33. The van der Waals surface area contributed by atoms with Gasteiger partial charge in [0, 0.05) is 17.7 Å². The lowest BCUT2D eigenvalue weighted by Crippen LogP contribution is -2.21. The Morgan fingerprint density at radius 3 is 2.52 bits per heavy atom. The average Bonchev–Trinajstić information content (AvgIpc) is 3.24. The van der Waals surface area contributed by atoms with Crippen LogP contribution in [0.15, 0.2) is 58.8 Å². The van der Waals surface area contributed by atoms with Gasteiger partial charge in [-0.15, -0.1) is 10.2 Å². The van der Waals surface area contributed by atoms with Crippen molar-refractivity contribution < 1.29 is 14.3 Å². The molecule has 0 atom stereocenters. The molecule has 0 aliphatic carbocycles. The Hall–Kier alpha value is -3.33. The van der Waals surface area contributed by atoms with Gasteiger partial charge in [0.2, 0.25) is 0 Å². The number of rotatable bonds is 9. The Morgan fingerprint density at radius 2 is 1.84 bits per heavy atom. The number of hydrazone groups is 1. The number of methoxy groups -OCH3 is 2. The molecule has 1 aromatic heterocycles. The summed E-state index contributed by atoms with van der Waals surface area (Å²) in [4.78, 5) is 12.3. The number of amides is 1. The summed E-state index contributed by atoms with van der Waals surface area (Å²) in [6, 6.07) is 15.3. The van der Waals surface area contributed by atoms with E-state index in [0.717, 1.165) is 17.0 Å². The fraction of sp³-hybridized carbons (Fsp3) is 0.273. The van der Waals surface area contributed by atoms with Crippen LogP contribution < -0.4 is 14.9 Å². The number of benzene rings is 2. The number of carbonyl (C=O) groups is 1. The highest BCUT2D eigenvalue weighted by molar-refractivity contribution is 7.99. The van der Waals surface area contributed by atoms with Crippen LogP contribution in [-0.2, 0) is 11.3 Å². The van der Waals surface area contributed by atoms with Gasteiger partial charge in [-0.25, -0.2) is 5.43 Å². The molecule has 8 nitrogen and oxygen atoms in total. The Morgan fingerprint density at radius 1 is 1.10 bits per heavy atom. The fourth-order valence-electron chi connectivity index (χ4n) is 2.92. The minimum atomic E-state index is -0.225. The maximum Gasteiger partial charge on any atom is 0.250 e. The lowest BCUT2D eigenvalue weighted by atomic mass is 10.1. The smallest absolute Gasteiger partial charge is 0.250 e. The van der Waals surface area contributed by atoms with Crippen LogP contribution in [0.2, 0.25) is 0 Å². The zero-order chi connectivity index (χ0) is 22.2. The van der Waals surface area contributed by atoms with E-state index in [-0.39, 0.29) is 11.7 Å². The van der Waals surface area contributed by atoms with Gasteiger partial charge in [-0.1, -0.05) is 42.1 Å². The van der Waals surface area contributed by atoms with Gasteiger partial charge in [-0.05, 0) is 32.0 Å². The van der Waals surface area contributed by atoms with Gasteiger partial charge in [0.05, 0.1) is 25.7 Å². The third-order valence-corrected chi connectivity index (χ3v) is 5.51. The molecule has 1 amide bonds. The van der Waals surface area contributed by atoms with Crippen LogP contribution in [-0.4, -0.2) is 46.4 Å². The monoisotopic (exact) mass is 439 g/mol. The van der Waals surface area contributed by atoms with E-state index >= 15 is 0 Å². The van der Waals surface area contributed by atoms with Crippen molar-refractivity contribution in [3.05, 3.63) is 54.1 Å². The molecule has 0 unspecified atom stereocenters. The topological polar surface area (TPSA) is 90.6 Å². The second-order valence-electron chi connectivity index (χ2n) is 6.51. The Bertz CT molecular complexity index is 1070. The third kappa shape index (κ3) is 5.43. The lowest BCUT2D eigenvalue weighted by molar-refractivity contribution is -0.118. The van der Waals surface area contributed by atoms with Crippen molar-refractivity contribution in [2.45, 2.75) is 25.5 Å². The summed E-state index contributed by atoms with van der Waals surface area (Å²) < 4.78 is 12.5. The largest absolute Gasteiger partial charge is 0.493 e. The first-order valence-electron chi connectivity index (χ1n) is 9.74. The first-order valence-corrected chi connectivity index (χ1v) is 10.7. The summed E-state index contributed by atoms with van der Waals surface area (Å²) in [6.45, 7) is 4.54. The molecule has 1 heterocycles. The van der Waals surface area contributed by atoms with Crippen molar-refractivity contribution in [3.8, 4) is 22.9 Å². The van der Waals surface area contributed by atoms with E-state index in [0.29, 0.717) is 28.9 Å². The van der Waals surface area contributed by atoms with Gasteiger partial charge >= 0.3 is 0 Å². The third-order valence-electron chi connectivity index (χ3n) is 4.55. The summed E-state index contributed by atoms with van der Waals surface area (Å²) in [7, 11) is 3.16. The summed E-state index contributed by atoms with van der Waals surface area (Å²) in [5, 5.41) is 13.4. The van der Waals surface area contributed by atoms with Crippen LogP contribution in [0.4, 0.5) is 0 Å².